The number of nitrogens with zero attached hydrogens (tertiary/aromatic N) is 6. The summed E-state index contributed by atoms with van der Waals surface area (Å²) in [5, 5.41) is 22.3. The quantitative estimate of drug-likeness (QED) is 0.108. The highest BCUT2D eigenvalue weighted by Gasteiger charge is 2.53. The van der Waals surface area contributed by atoms with E-state index in [4.69, 9.17) is 37.9 Å². The van der Waals surface area contributed by atoms with Crippen LogP contribution in [0, 0.1) is 0 Å². The van der Waals surface area contributed by atoms with E-state index in [1.54, 1.807) is 12.4 Å². The normalized spacial score (nSPS) is 25.9. The van der Waals surface area contributed by atoms with Crippen LogP contribution in [0.1, 0.15) is 98.5 Å². The third kappa shape index (κ3) is 14.0. The number of aromatic nitrogens is 6. The number of hydrogen-bond acceptors (Lipinski definition) is 20. The Labute approximate surface area is 349 Å². The summed E-state index contributed by atoms with van der Waals surface area (Å²) >= 11 is 0. The van der Waals surface area contributed by atoms with Gasteiger partial charge in [-0.1, -0.05) is 16.8 Å². The molecule has 2 fully saturated rings. The fraction of sp³-hybridized carbons (Fsp3) is 0.676. The van der Waals surface area contributed by atoms with Crippen LogP contribution >= 0.6 is 0 Å². The highest BCUT2D eigenvalue weighted by atomic mass is 16.6. The van der Waals surface area contributed by atoms with Crippen LogP contribution in [0.5, 0.6) is 0 Å². The summed E-state index contributed by atoms with van der Waals surface area (Å²) in [5.41, 5.74) is 1.13. The Morgan fingerprint density at radius 3 is 1.18 bits per heavy atom. The molecule has 0 aromatic carbocycles. The van der Waals surface area contributed by atoms with Crippen LogP contribution in [-0.2, 0) is 89.1 Å². The molecule has 24 nitrogen and oxygen atoms in total. The van der Waals surface area contributed by atoms with Gasteiger partial charge in [-0.05, 0) is 25.7 Å². The SMILES string of the molecule is CC(=O)N[C@@H]1[C@@H](OC(C)=O)[C@H](OC(C)=O)[C@@H](COC(C)=O)O[C@H]1n1cc(CCCCCc2cn([C@@H]3O[C@H](COC(C)=O)[C@@H](OC(C)=O)[C@H](OC(C)=O)[C@H]3NC(C)=O)nn2)nn1. The van der Waals surface area contributed by atoms with Gasteiger partial charge in [-0.25, -0.2) is 9.36 Å². The van der Waals surface area contributed by atoms with Crippen molar-refractivity contribution in [2.24, 2.45) is 0 Å². The maximum absolute atomic E-state index is 12.3. The number of rotatable bonds is 18. The minimum Gasteiger partial charge on any atom is -0.463 e. The molecule has 0 bridgehead atoms. The number of carbonyl (C=O) groups excluding carboxylic acids is 8. The zero-order valence-corrected chi connectivity index (χ0v) is 35.1. The van der Waals surface area contributed by atoms with E-state index in [1.165, 1.54) is 37.1 Å². The molecular weight excluding hydrogens is 812 g/mol. The lowest BCUT2D eigenvalue weighted by molar-refractivity contribution is -0.239. The second-order valence-corrected chi connectivity index (χ2v) is 14.4. The molecule has 2 aliphatic heterocycles. The third-order valence-corrected chi connectivity index (χ3v) is 9.18. The summed E-state index contributed by atoms with van der Waals surface area (Å²) in [6.45, 7) is 8.75. The third-order valence-electron chi connectivity index (χ3n) is 9.18. The standard InChI is InChI=1S/C37H52N8O16/c1-18(46)38-30-34(58-24(7)52)32(56-22(5)50)28(16-54-20(3)48)60-36(30)44-14-26(40-42-44)12-10-9-11-13-27-15-45(43-41-27)37-31(39-19(2)47)35(59-25(8)53)33(57-23(6)51)29(61-37)17-55-21(4)49/h14-15,28-37H,9-13,16-17H2,1-8H3,(H,38,46)(H,39,47)/t28-,29-,30-,31-,32-,33-,34-,35-,36-,37-/m1/s1. The second-order valence-electron chi connectivity index (χ2n) is 14.4. The molecule has 2 aliphatic rings. The number of hydrogen-bond donors (Lipinski definition) is 2. The Morgan fingerprint density at radius 1 is 0.525 bits per heavy atom. The first-order valence-electron chi connectivity index (χ1n) is 19.4. The molecule has 336 valence electrons. The van der Waals surface area contributed by atoms with Gasteiger partial charge in [0.15, 0.2) is 36.9 Å². The first-order valence-corrected chi connectivity index (χ1v) is 19.4. The predicted molar refractivity (Wildman–Crippen MR) is 200 cm³/mol. The molecule has 2 N–H and O–H groups in total. The minimum absolute atomic E-state index is 0.366. The molecule has 0 saturated carbocycles. The van der Waals surface area contributed by atoms with E-state index in [1.807, 2.05) is 0 Å². The highest BCUT2D eigenvalue weighted by molar-refractivity contribution is 5.74. The van der Waals surface area contributed by atoms with Crippen LogP contribution in [0.3, 0.4) is 0 Å². The molecule has 2 amide bonds. The second kappa shape index (κ2) is 22.0. The van der Waals surface area contributed by atoms with Gasteiger partial charge in [0.25, 0.3) is 0 Å². The monoisotopic (exact) mass is 864 g/mol. The molecular formula is C37H52N8O16. The molecule has 0 aliphatic carbocycles. The summed E-state index contributed by atoms with van der Waals surface area (Å²) < 4.78 is 47.4. The van der Waals surface area contributed by atoms with Crippen molar-refractivity contribution < 1.29 is 76.3 Å². The van der Waals surface area contributed by atoms with Crippen LogP contribution in [0.15, 0.2) is 12.4 Å². The first kappa shape index (κ1) is 47.6. The van der Waals surface area contributed by atoms with E-state index in [9.17, 15) is 38.4 Å². The van der Waals surface area contributed by atoms with Gasteiger partial charge in [0.1, 0.15) is 37.5 Å². The van der Waals surface area contributed by atoms with Crippen LogP contribution in [0.2, 0.25) is 0 Å². The van der Waals surface area contributed by atoms with Crippen molar-refractivity contribution >= 4 is 47.6 Å². The summed E-state index contributed by atoms with van der Waals surface area (Å²) in [4.78, 5) is 96.6. The summed E-state index contributed by atoms with van der Waals surface area (Å²) in [5.74, 6) is -5.17. The predicted octanol–water partition coefficient (Wildman–Crippen LogP) is -0.518. The van der Waals surface area contributed by atoms with Crippen molar-refractivity contribution in [1.82, 2.24) is 40.6 Å². The van der Waals surface area contributed by atoms with E-state index in [2.05, 4.69) is 31.3 Å². The maximum atomic E-state index is 12.3. The molecule has 2 aromatic heterocycles. The fourth-order valence-corrected chi connectivity index (χ4v) is 6.96. The van der Waals surface area contributed by atoms with Crippen molar-refractivity contribution in [3.8, 4) is 0 Å². The number of esters is 6. The number of nitrogens with one attached hydrogen (secondary N) is 2. The molecule has 4 rings (SSSR count). The fourth-order valence-electron chi connectivity index (χ4n) is 6.96. The Balaban J connectivity index is 1.45. The molecule has 4 heterocycles. The average Bonchev–Trinajstić information content (AvgIpc) is 3.82. The Hall–Kier alpha value is -6.04. The van der Waals surface area contributed by atoms with Gasteiger partial charge < -0.3 is 48.5 Å². The van der Waals surface area contributed by atoms with Gasteiger partial charge >= 0.3 is 35.8 Å². The average molecular weight is 865 g/mol. The van der Waals surface area contributed by atoms with E-state index in [-0.39, 0.29) is 13.2 Å². The number of aryl methyl sites for hydroxylation is 2. The maximum Gasteiger partial charge on any atom is 0.303 e. The van der Waals surface area contributed by atoms with Gasteiger partial charge in [-0.3, -0.25) is 38.4 Å². The van der Waals surface area contributed by atoms with E-state index >= 15 is 0 Å². The van der Waals surface area contributed by atoms with E-state index < -0.39 is 109 Å². The molecule has 2 saturated heterocycles. The first-order chi connectivity index (χ1) is 28.8. The lowest BCUT2D eigenvalue weighted by atomic mass is 9.95. The molecule has 10 atom stereocenters. The van der Waals surface area contributed by atoms with Crippen LogP contribution in [0.4, 0.5) is 0 Å². The topological polar surface area (TPSA) is 296 Å². The van der Waals surface area contributed by atoms with Gasteiger partial charge in [0.05, 0.1) is 23.8 Å². The van der Waals surface area contributed by atoms with Crippen molar-refractivity contribution in [2.75, 3.05) is 13.2 Å². The van der Waals surface area contributed by atoms with Gasteiger partial charge in [0.2, 0.25) is 11.8 Å². The molecule has 2 aromatic rings. The van der Waals surface area contributed by atoms with Crippen molar-refractivity contribution in [1.29, 1.82) is 0 Å². The van der Waals surface area contributed by atoms with E-state index in [0.717, 1.165) is 27.7 Å². The summed E-state index contributed by atoms with van der Waals surface area (Å²) in [6, 6.07) is -2.20. The van der Waals surface area contributed by atoms with Gasteiger partial charge in [-0.15, -0.1) is 10.2 Å². The van der Waals surface area contributed by atoms with E-state index in [0.29, 0.717) is 43.5 Å². The Morgan fingerprint density at radius 2 is 0.869 bits per heavy atom. The zero-order chi connectivity index (χ0) is 45.0. The smallest absolute Gasteiger partial charge is 0.303 e. The minimum atomic E-state index is -1.26. The summed E-state index contributed by atoms with van der Waals surface area (Å²) in [7, 11) is 0. The molecule has 0 unspecified atom stereocenters. The van der Waals surface area contributed by atoms with Crippen molar-refractivity contribution in [2.45, 2.75) is 149 Å². The van der Waals surface area contributed by atoms with Crippen molar-refractivity contribution in [3.63, 3.8) is 0 Å². The number of amides is 2. The van der Waals surface area contributed by atoms with Gasteiger partial charge in [0, 0.05) is 55.4 Å². The van der Waals surface area contributed by atoms with Crippen molar-refractivity contribution in [3.05, 3.63) is 23.8 Å². The van der Waals surface area contributed by atoms with Crippen LogP contribution in [-0.4, -0.2) is 140 Å². The molecule has 0 radical (unpaired) electrons. The van der Waals surface area contributed by atoms with Crippen LogP contribution < -0.4 is 10.6 Å². The molecule has 24 heteroatoms. The molecule has 61 heavy (non-hydrogen) atoms. The largest absolute Gasteiger partial charge is 0.463 e. The zero-order valence-electron chi connectivity index (χ0n) is 35.1. The Kier molecular flexibility index (Phi) is 17.2. The Bertz CT molecular complexity index is 1770. The number of ether oxygens (including phenoxy) is 8. The number of carbonyl (C=O) groups is 8. The lowest BCUT2D eigenvalue weighted by Gasteiger charge is -2.45. The summed E-state index contributed by atoms with van der Waals surface area (Å²) in [6.07, 6.45) is -3.35. The van der Waals surface area contributed by atoms with Gasteiger partial charge in [-0.2, -0.15) is 0 Å². The molecule has 0 spiro atoms. The number of unbranched alkanes of at least 4 members (excludes halogenated alkanes) is 2. The highest BCUT2D eigenvalue weighted by Crippen LogP contribution is 2.34. The lowest BCUT2D eigenvalue weighted by Crippen LogP contribution is -2.64. The van der Waals surface area contributed by atoms with Crippen LogP contribution in [0.25, 0.3) is 0 Å².